The van der Waals surface area contributed by atoms with E-state index >= 15 is 0 Å². The highest BCUT2D eigenvalue weighted by Gasteiger charge is 2.28. The van der Waals surface area contributed by atoms with E-state index in [0.717, 1.165) is 36.5 Å². The van der Waals surface area contributed by atoms with Gasteiger partial charge in [-0.1, -0.05) is 12.1 Å². The number of para-hydroxylation sites is 2. The number of nitrogens with zero attached hydrogens (tertiary/aromatic N) is 2. The Bertz CT molecular complexity index is 519. The monoisotopic (exact) mass is 258 g/mol. The third kappa shape index (κ3) is 2.65. The summed E-state index contributed by atoms with van der Waals surface area (Å²) in [5.41, 5.74) is 2.51. The lowest BCUT2D eigenvalue weighted by Gasteiger charge is -2.39. The lowest BCUT2D eigenvalue weighted by atomic mass is 9.90. The Balaban J connectivity index is 1.66. The van der Waals surface area contributed by atoms with Gasteiger partial charge in [0.25, 0.3) is 0 Å². The Hall–Kier alpha value is -1.39. The Kier molecular flexibility index (Phi) is 3.29. The molecule has 0 bridgehead atoms. The van der Waals surface area contributed by atoms with Crippen LogP contribution in [0, 0.1) is 0 Å². The molecule has 0 aliphatic carbocycles. The van der Waals surface area contributed by atoms with E-state index in [2.05, 4.69) is 46.3 Å². The van der Waals surface area contributed by atoms with Crippen molar-refractivity contribution >= 4 is 11.0 Å². The standard InChI is InChI=1S/C15H22N4/c1-15(16-2)7-9-19(10-8-15)11-14-17-12-5-3-4-6-13(12)18-14/h3-6,16H,7-11H2,1-2H3,(H,17,18). The van der Waals surface area contributed by atoms with E-state index in [1.807, 2.05) is 12.1 Å². The molecule has 1 aromatic heterocycles. The molecule has 2 aromatic rings. The number of likely N-dealkylation sites (tertiary alicyclic amines) is 1. The second kappa shape index (κ2) is 4.94. The van der Waals surface area contributed by atoms with Gasteiger partial charge in [0, 0.05) is 18.6 Å². The van der Waals surface area contributed by atoms with Crippen LogP contribution in [0.3, 0.4) is 0 Å². The van der Waals surface area contributed by atoms with Gasteiger partial charge in [-0.2, -0.15) is 0 Å². The predicted molar refractivity (Wildman–Crippen MR) is 78.1 cm³/mol. The van der Waals surface area contributed by atoms with Crippen molar-refractivity contribution < 1.29 is 0 Å². The van der Waals surface area contributed by atoms with Crippen LogP contribution in [0.25, 0.3) is 11.0 Å². The van der Waals surface area contributed by atoms with E-state index in [1.54, 1.807) is 0 Å². The van der Waals surface area contributed by atoms with Gasteiger partial charge in [-0.3, -0.25) is 4.90 Å². The quantitative estimate of drug-likeness (QED) is 0.886. The maximum Gasteiger partial charge on any atom is 0.121 e. The fourth-order valence-electron chi connectivity index (χ4n) is 2.75. The Morgan fingerprint density at radius 2 is 2.05 bits per heavy atom. The SMILES string of the molecule is CNC1(C)CCN(Cc2nc3ccccc3[nH]2)CC1. The van der Waals surface area contributed by atoms with Crippen molar-refractivity contribution in [3.63, 3.8) is 0 Å². The predicted octanol–water partition coefficient (Wildman–Crippen LogP) is 2.14. The van der Waals surface area contributed by atoms with Crippen molar-refractivity contribution in [1.82, 2.24) is 20.2 Å². The number of piperidine rings is 1. The maximum absolute atomic E-state index is 4.65. The van der Waals surface area contributed by atoms with Gasteiger partial charge in [0.1, 0.15) is 5.82 Å². The van der Waals surface area contributed by atoms with Crippen LogP contribution in [-0.2, 0) is 6.54 Å². The summed E-state index contributed by atoms with van der Waals surface area (Å²) < 4.78 is 0. The second-order valence-electron chi connectivity index (χ2n) is 5.79. The van der Waals surface area contributed by atoms with Crippen molar-refractivity contribution in [3.8, 4) is 0 Å². The molecule has 19 heavy (non-hydrogen) atoms. The second-order valence-corrected chi connectivity index (χ2v) is 5.79. The highest BCUT2D eigenvalue weighted by atomic mass is 15.2. The summed E-state index contributed by atoms with van der Waals surface area (Å²) in [5, 5.41) is 3.44. The lowest BCUT2D eigenvalue weighted by Crippen LogP contribution is -2.49. The van der Waals surface area contributed by atoms with Crippen LogP contribution in [0.1, 0.15) is 25.6 Å². The molecule has 2 N–H and O–H groups in total. The summed E-state index contributed by atoms with van der Waals surface area (Å²) in [6, 6.07) is 8.22. The smallest absolute Gasteiger partial charge is 0.121 e. The van der Waals surface area contributed by atoms with Crippen LogP contribution in [0.5, 0.6) is 0 Å². The van der Waals surface area contributed by atoms with Gasteiger partial charge < -0.3 is 10.3 Å². The van der Waals surface area contributed by atoms with Gasteiger partial charge in [0.05, 0.1) is 17.6 Å². The van der Waals surface area contributed by atoms with E-state index in [-0.39, 0.29) is 0 Å². The summed E-state index contributed by atoms with van der Waals surface area (Å²) in [6.45, 7) is 5.50. The zero-order valence-corrected chi connectivity index (χ0v) is 11.7. The summed E-state index contributed by atoms with van der Waals surface area (Å²) in [4.78, 5) is 10.5. The molecular weight excluding hydrogens is 236 g/mol. The molecular formula is C15H22N4. The molecule has 4 nitrogen and oxygen atoms in total. The van der Waals surface area contributed by atoms with Crippen molar-refractivity contribution in [2.24, 2.45) is 0 Å². The molecule has 1 aliphatic rings. The Morgan fingerprint density at radius 3 is 2.74 bits per heavy atom. The number of aromatic nitrogens is 2. The number of H-pyrrole nitrogens is 1. The number of hydrogen-bond donors (Lipinski definition) is 2. The summed E-state index contributed by atoms with van der Waals surface area (Å²) in [7, 11) is 2.06. The molecule has 1 aliphatic heterocycles. The first-order valence-electron chi connectivity index (χ1n) is 7.03. The van der Waals surface area contributed by atoms with E-state index in [9.17, 15) is 0 Å². The number of rotatable bonds is 3. The molecule has 102 valence electrons. The number of benzene rings is 1. The first kappa shape index (κ1) is 12.6. The number of nitrogens with one attached hydrogen (secondary N) is 2. The molecule has 1 aromatic carbocycles. The molecule has 0 atom stereocenters. The Morgan fingerprint density at radius 1 is 1.32 bits per heavy atom. The van der Waals surface area contributed by atoms with E-state index in [0.29, 0.717) is 5.54 Å². The number of imidazole rings is 1. The number of fused-ring (bicyclic) bond motifs is 1. The highest BCUT2D eigenvalue weighted by Crippen LogP contribution is 2.22. The minimum absolute atomic E-state index is 0.310. The van der Waals surface area contributed by atoms with Gasteiger partial charge in [-0.05, 0) is 38.9 Å². The van der Waals surface area contributed by atoms with Crippen LogP contribution < -0.4 is 5.32 Å². The largest absolute Gasteiger partial charge is 0.341 e. The first-order chi connectivity index (χ1) is 9.18. The van der Waals surface area contributed by atoms with Crippen molar-refractivity contribution in [2.45, 2.75) is 31.8 Å². The van der Waals surface area contributed by atoms with E-state index in [1.165, 1.54) is 12.8 Å². The topological polar surface area (TPSA) is 44.0 Å². The summed E-state index contributed by atoms with van der Waals surface area (Å²) in [5.74, 6) is 1.08. The summed E-state index contributed by atoms with van der Waals surface area (Å²) >= 11 is 0. The van der Waals surface area contributed by atoms with Gasteiger partial charge in [0.15, 0.2) is 0 Å². The minimum Gasteiger partial charge on any atom is -0.341 e. The summed E-state index contributed by atoms with van der Waals surface area (Å²) in [6.07, 6.45) is 2.40. The number of aromatic amines is 1. The highest BCUT2D eigenvalue weighted by molar-refractivity contribution is 5.74. The number of hydrogen-bond acceptors (Lipinski definition) is 3. The van der Waals surface area contributed by atoms with Crippen molar-refractivity contribution in [3.05, 3.63) is 30.1 Å². The van der Waals surface area contributed by atoms with Gasteiger partial charge in [0.2, 0.25) is 0 Å². The van der Waals surface area contributed by atoms with E-state index < -0.39 is 0 Å². The molecule has 1 fully saturated rings. The minimum atomic E-state index is 0.310. The van der Waals surface area contributed by atoms with Crippen LogP contribution in [0.2, 0.25) is 0 Å². The zero-order chi connectivity index (χ0) is 13.3. The molecule has 0 radical (unpaired) electrons. The zero-order valence-electron chi connectivity index (χ0n) is 11.7. The molecule has 3 rings (SSSR count). The molecule has 4 heteroatoms. The van der Waals surface area contributed by atoms with Gasteiger partial charge in [-0.15, -0.1) is 0 Å². The molecule has 0 unspecified atom stereocenters. The van der Waals surface area contributed by atoms with Crippen LogP contribution in [0.4, 0.5) is 0 Å². The van der Waals surface area contributed by atoms with Crippen LogP contribution in [-0.4, -0.2) is 40.5 Å². The molecule has 2 heterocycles. The van der Waals surface area contributed by atoms with Crippen LogP contribution >= 0.6 is 0 Å². The average Bonchev–Trinajstić information content (AvgIpc) is 2.84. The van der Waals surface area contributed by atoms with Crippen molar-refractivity contribution in [2.75, 3.05) is 20.1 Å². The van der Waals surface area contributed by atoms with Crippen LogP contribution in [0.15, 0.2) is 24.3 Å². The molecule has 0 saturated carbocycles. The lowest BCUT2D eigenvalue weighted by molar-refractivity contribution is 0.144. The first-order valence-corrected chi connectivity index (χ1v) is 7.03. The molecule has 0 spiro atoms. The fraction of sp³-hybridized carbons (Fsp3) is 0.533. The Labute approximate surface area is 114 Å². The third-order valence-electron chi connectivity index (χ3n) is 4.37. The third-order valence-corrected chi connectivity index (χ3v) is 4.37. The molecule has 0 amide bonds. The fourth-order valence-corrected chi connectivity index (χ4v) is 2.75. The maximum atomic E-state index is 4.65. The molecule has 1 saturated heterocycles. The van der Waals surface area contributed by atoms with Gasteiger partial charge >= 0.3 is 0 Å². The average molecular weight is 258 g/mol. The van der Waals surface area contributed by atoms with E-state index in [4.69, 9.17) is 0 Å². The van der Waals surface area contributed by atoms with Gasteiger partial charge in [-0.25, -0.2) is 4.98 Å². The normalized spacial score (nSPS) is 19.9. The van der Waals surface area contributed by atoms with Crippen molar-refractivity contribution in [1.29, 1.82) is 0 Å².